The lowest BCUT2D eigenvalue weighted by Gasteiger charge is -2.28. The first kappa shape index (κ1) is 27.0. The molecular formula is C28H35N3O5S. The van der Waals surface area contributed by atoms with Crippen molar-refractivity contribution in [2.24, 2.45) is 23.5 Å². The summed E-state index contributed by atoms with van der Waals surface area (Å²) in [5.74, 6) is -1.24. The first-order chi connectivity index (χ1) is 17.7. The Morgan fingerprint density at radius 3 is 2.46 bits per heavy atom. The fourth-order valence-corrected chi connectivity index (χ4v) is 6.46. The molecule has 0 spiro atoms. The molecule has 9 heteroatoms. The highest BCUT2D eigenvalue weighted by molar-refractivity contribution is 7.14. The highest BCUT2D eigenvalue weighted by Crippen LogP contribution is 2.41. The molecule has 1 aliphatic carbocycles. The van der Waals surface area contributed by atoms with E-state index in [1.54, 1.807) is 6.07 Å². The number of hydrogen-bond donors (Lipinski definition) is 4. The van der Waals surface area contributed by atoms with Crippen LogP contribution in [0.3, 0.4) is 0 Å². The van der Waals surface area contributed by atoms with Crippen LogP contribution in [0.2, 0.25) is 0 Å². The highest BCUT2D eigenvalue weighted by atomic mass is 32.1. The number of carboxylic acid groups (broad SMARTS) is 1. The van der Waals surface area contributed by atoms with Crippen molar-refractivity contribution in [3.63, 3.8) is 0 Å². The SMILES string of the molecule is CC(=O)c1sc2cc1-c1cc(C(=O)O)ccc1NC(=O)[C@H](C)CCC[C@@H]2NC(=O)[C@H]1CC[C@H](CN)CC1. The molecule has 2 amide bonds. The lowest BCUT2D eigenvalue weighted by Crippen LogP contribution is -2.36. The van der Waals surface area contributed by atoms with Crippen LogP contribution in [0.25, 0.3) is 11.1 Å². The topological polar surface area (TPSA) is 139 Å². The quantitative estimate of drug-likeness (QED) is 0.405. The van der Waals surface area contributed by atoms with Gasteiger partial charge in [0.2, 0.25) is 11.8 Å². The largest absolute Gasteiger partial charge is 0.478 e. The second-order valence-corrected chi connectivity index (χ2v) is 11.4. The van der Waals surface area contributed by atoms with Gasteiger partial charge < -0.3 is 21.5 Å². The van der Waals surface area contributed by atoms with Gasteiger partial charge in [0.25, 0.3) is 0 Å². The monoisotopic (exact) mass is 525 g/mol. The van der Waals surface area contributed by atoms with Crippen molar-refractivity contribution in [1.82, 2.24) is 5.32 Å². The maximum atomic E-state index is 13.3. The molecule has 0 saturated heterocycles. The lowest BCUT2D eigenvalue weighted by molar-refractivity contribution is -0.127. The Labute approximate surface area is 221 Å². The number of nitrogens with two attached hydrogens (primary N) is 1. The third kappa shape index (κ3) is 6.10. The number of thiophene rings is 1. The van der Waals surface area contributed by atoms with Crippen molar-refractivity contribution in [3.05, 3.63) is 39.6 Å². The van der Waals surface area contributed by atoms with Crippen molar-refractivity contribution in [3.8, 4) is 11.1 Å². The molecule has 4 rings (SSSR count). The van der Waals surface area contributed by atoms with Crippen LogP contribution in [0, 0.1) is 17.8 Å². The van der Waals surface area contributed by atoms with E-state index in [0.29, 0.717) is 47.0 Å². The minimum absolute atomic E-state index is 0.0197. The third-order valence-electron chi connectivity index (χ3n) is 7.67. The van der Waals surface area contributed by atoms with Gasteiger partial charge in [0, 0.05) is 33.5 Å². The molecule has 0 unspecified atom stereocenters. The van der Waals surface area contributed by atoms with E-state index in [9.17, 15) is 24.3 Å². The minimum Gasteiger partial charge on any atom is -0.478 e. The number of carbonyl (C=O) groups excluding carboxylic acids is 3. The van der Waals surface area contributed by atoms with Gasteiger partial charge in [-0.25, -0.2) is 4.79 Å². The van der Waals surface area contributed by atoms with E-state index in [1.807, 2.05) is 13.0 Å². The molecule has 1 fully saturated rings. The summed E-state index contributed by atoms with van der Waals surface area (Å²) in [4.78, 5) is 52.0. The van der Waals surface area contributed by atoms with Crippen molar-refractivity contribution >= 4 is 40.6 Å². The molecule has 8 nitrogen and oxygen atoms in total. The number of aromatic carboxylic acids is 1. The molecule has 5 N–H and O–H groups in total. The summed E-state index contributed by atoms with van der Waals surface area (Å²) >= 11 is 1.33. The second kappa shape index (κ2) is 11.6. The van der Waals surface area contributed by atoms with Gasteiger partial charge in [-0.3, -0.25) is 14.4 Å². The Morgan fingerprint density at radius 1 is 1.08 bits per heavy atom. The van der Waals surface area contributed by atoms with Crippen LogP contribution in [-0.2, 0) is 9.59 Å². The van der Waals surface area contributed by atoms with Gasteiger partial charge in [0.05, 0.1) is 16.5 Å². The summed E-state index contributed by atoms with van der Waals surface area (Å²) in [7, 11) is 0. The maximum absolute atomic E-state index is 13.3. The molecule has 0 radical (unpaired) electrons. The van der Waals surface area contributed by atoms with Crippen LogP contribution in [0.15, 0.2) is 24.3 Å². The van der Waals surface area contributed by atoms with Gasteiger partial charge in [0.1, 0.15) is 0 Å². The summed E-state index contributed by atoms with van der Waals surface area (Å²) in [6, 6.07) is 6.10. The van der Waals surface area contributed by atoms with E-state index >= 15 is 0 Å². The minimum atomic E-state index is -1.09. The van der Waals surface area contributed by atoms with Crippen LogP contribution >= 0.6 is 11.3 Å². The summed E-state index contributed by atoms with van der Waals surface area (Å²) < 4.78 is 0. The molecule has 1 aliphatic heterocycles. The average molecular weight is 526 g/mol. The standard InChI is InChI=1S/C28H35N3O5S/c1-15-4-3-5-23(31-27(34)18-8-6-17(14-29)7-9-18)24-13-21(25(37-24)16(2)32)20-12-19(28(35)36)10-11-22(20)30-26(15)33/h10-13,15,17-18,23H,3-9,14,29H2,1-2H3,(H,30,33)(H,31,34)(H,35,36)/t15-,17-,18-,23+/m1/s1. The van der Waals surface area contributed by atoms with Crippen LogP contribution in [-0.4, -0.2) is 35.2 Å². The van der Waals surface area contributed by atoms with Crippen LogP contribution < -0.4 is 16.4 Å². The van der Waals surface area contributed by atoms with Gasteiger partial charge in [-0.05, 0) is 82.2 Å². The Hall–Kier alpha value is -3.04. The number of hydrogen-bond acceptors (Lipinski definition) is 6. The molecule has 2 atom stereocenters. The molecule has 1 saturated carbocycles. The van der Waals surface area contributed by atoms with Crippen molar-refractivity contribution in [2.75, 3.05) is 11.9 Å². The smallest absolute Gasteiger partial charge is 0.335 e. The maximum Gasteiger partial charge on any atom is 0.335 e. The number of rotatable bonds is 5. The molecular weight excluding hydrogens is 490 g/mol. The van der Waals surface area contributed by atoms with Crippen molar-refractivity contribution in [1.29, 1.82) is 0 Å². The van der Waals surface area contributed by atoms with E-state index in [2.05, 4.69) is 10.6 Å². The first-order valence-electron chi connectivity index (χ1n) is 13.0. The number of anilines is 1. The fraction of sp³-hybridized carbons (Fsp3) is 0.500. The normalized spacial score (nSPS) is 24.1. The Balaban J connectivity index is 1.74. The van der Waals surface area contributed by atoms with E-state index in [-0.39, 0.29) is 41.0 Å². The summed E-state index contributed by atoms with van der Waals surface area (Å²) in [6.07, 6.45) is 5.54. The Morgan fingerprint density at radius 2 is 1.81 bits per heavy atom. The molecule has 2 aromatic rings. The van der Waals surface area contributed by atoms with E-state index in [1.165, 1.54) is 30.4 Å². The van der Waals surface area contributed by atoms with E-state index in [4.69, 9.17) is 5.73 Å². The van der Waals surface area contributed by atoms with Gasteiger partial charge in [0.15, 0.2) is 5.78 Å². The fourth-order valence-electron chi connectivity index (χ4n) is 5.30. The Bertz CT molecular complexity index is 1200. The number of carboxylic acids is 1. The van der Waals surface area contributed by atoms with Gasteiger partial charge in [-0.2, -0.15) is 0 Å². The van der Waals surface area contributed by atoms with Gasteiger partial charge >= 0.3 is 5.97 Å². The molecule has 2 heterocycles. The number of benzene rings is 1. The predicted molar refractivity (Wildman–Crippen MR) is 144 cm³/mol. The summed E-state index contributed by atoms with van der Waals surface area (Å²) in [5, 5.41) is 15.8. The molecule has 198 valence electrons. The molecule has 37 heavy (non-hydrogen) atoms. The van der Waals surface area contributed by atoms with Crippen LogP contribution in [0.5, 0.6) is 0 Å². The second-order valence-electron chi connectivity index (χ2n) is 10.3. The highest BCUT2D eigenvalue weighted by Gasteiger charge is 2.30. The average Bonchev–Trinajstić information content (AvgIpc) is 3.33. The summed E-state index contributed by atoms with van der Waals surface area (Å²) in [6.45, 7) is 3.99. The number of fused-ring (bicyclic) bond motifs is 4. The molecule has 2 aliphatic rings. The molecule has 1 aromatic carbocycles. The van der Waals surface area contributed by atoms with Crippen molar-refractivity contribution < 1.29 is 24.3 Å². The molecule has 2 bridgehead atoms. The third-order valence-corrected chi connectivity index (χ3v) is 9.02. The van der Waals surface area contributed by atoms with E-state index < -0.39 is 5.97 Å². The number of ketones is 1. The number of amides is 2. The summed E-state index contributed by atoms with van der Waals surface area (Å²) in [5.41, 5.74) is 7.40. The first-order valence-corrected chi connectivity index (χ1v) is 13.8. The van der Waals surface area contributed by atoms with Crippen LogP contribution in [0.4, 0.5) is 5.69 Å². The van der Waals surface area contributed by atoms with Crippen molar-refractivity contribution in [2.45, 2.75) is 64.8 Å². The van der Waals surface area contributed by atoms with E-state index in [0.717, 1.165) is 37.0 Å². The lowest BCUT2D eigenvalue weighted by atomic mass is 9.81. The van der Waals surface area contributed by atoms with Gasteiger partial charge in [-0.15, -0.1) is 11.3 Å². The van der Waals surface area contributed by atoms with Gasteiger partial charge in [-0.1, -0.05) is 13.3 Å². The Kier molecular flexibility index (Phi) is 8.44. The molecule has 1 aromatic heterocycles. The zero-order chi connectivity index (χ0) is 26.7. The number of carbonyl (C=O) groups is 4. The zero-order valence-corrected chi connectivity index (χ0v) is 22.2. The van der Waals surface area contributed by atoms with Crippen LogP contribution in [0.1, 0.15) is 89.7 Å². The predicted octanol–water partition coefficient (Wildman–Crippen LogP) is 5.00. The zero-order valence-electron chi connectivity index (χ0n) is 21.3. The number of nitrogens with one attached hydrogen (secondary N) is 2. The number of Topliss-reactive ketones (excluding diaryl/α,β-unsaturated/α-hetero) is 1.